The first-order valence-corrected chi connectivity index (χ1v) is 6.43. The van der Waals surface area contributed by atoms with Crippen LogP contribution in [0, 0.1) is 0 Å². The quantitative estimate of drug-likeness (QED) is 0.859. The van der Waals surface area contributed by atoms with Crippen LogP contribution in [0.2, 0.25) is 0 Å². The zero-order valence-corrected chi connectivity index (χ0v) is 11.2. The summed E-state index contributed by atoms with van der Waals surface area (Å²) in [7, 11) is 1.53. The van der Waals surface area contributed by atoms with Crippen molar-refractivity contribution in [2.24, 2.45) is 0 Å². The van der Waals surface area contributed by atoms with Gasteiger partial charge in [-0.2, -0.15) is 0 Å². The lowest BCUT2D eigenvalue weighted by Crippen LogP contribution is -2.23. The fraction of sp³-hybridized carbons (Fsp3) is 0.429. The molecule has 5 nitrogen and oxygen atoms in total. The Labute approximate surface area is 112 Å². The van der Waals surface area contributed by atoms with Crippen molar-refractivity contribution in [3.05, 3.63) is 23.3 Å². The Morgan fingerprint density at radius 2 is 1.84 bits per heavy atom. The van der Waals surface area contributed by atoms with Gasteiger partial charge in [-0.1, -0.05) is 0 Å². The lowest BCUT2D eigenvalue weighted by molar-refractivity contribution is -0.114. The van der Waals surface area contributed by atoms with Crippen LogP contribution in [0.25, 0.3) is 0 Å². The zero-order valence-electron chi connectivity index (χ0n) is 11.2. The summed E-state index contributed by atoms with van der Waals surface area (Å²) < 4.78 is 5.26. The Bertz CT molecular complexity index is 512. The van der Waals surface area contributed by atoms with Crippen molar-refractivity contribution in [2.75, 3.05) is 12.4 Å². The second kappa shape index (κ2) is 5.73. The molecule has 0 bridgehead atoms. The van der Waals surface area contributed by atoms with Gasteiger partial charge in [-0.15, -0.1) is 0 Å². The van der Waals surface area contributed by atoms with Crippen LogP contribution in [0.3, 0.4) is 0 Å². The van der Waals surface area contributed by atoms with Crippen molar-refractivity contribution in [2.45, 2.75) is 32.6 Å². The second-order valence-electron chi connectivity index (χ2n) is 4.60. The first-order valence-electron chi connectivity index (χ1n) is 6.43. The highest BCUT2D eigenvalue weighted by Gasteiger charge is 2.19. The van der Waals surface area contributed by atoms with Gasteiger partial charge < -0.3 is 15.4 Å². The molecule has 102 valence electrons. The summed E-state index contributed by atoms with van der Waals surface area (Å²) in [5, 5.41) is 5.27. The van der Waals surface area contributed by atoms with Gasteiger partial charge in [0, 0.05) is 25.2 Å². The molecule has 2 amide bonds. The highest BCUT2D eigenvalue weighted by molar-refractivity contribution is 5.90. The number of benzene rings is 1. The third kappa shape index (κ3) is 3.05. The average Bonchev–Trinajstić information content (AvgIpc) is 2.41. The van der Waals surface area contributed by atoms with Gasteiger partial charge in [0.2, 0.25) is 5.91 Å². The van der Waals surface area contributed by atoms with Crippen molar-refractivity contribution in [3.63, 3.8) is 0 Å². The fourth-order valence-electron chi connectivity index (χ4n) is 2.39. The van der Waals surface area contributed by atoms with Crippen LogP contribution in [0.1, 0.15) is 30.9 Å². The minimum absolute atomic E-state index is 0.0901. The third-order valence-electron chi connectivity index (χ3n) is 3.21. The van der Waals surface area contributed by atoms with E-state index in [9.17, 15) is 9.59 Å². The SMILES string of the molecule is CNC(=O)Oc1ccc(NC(C)=O)c2c1CCCC2. The van der Waals surface area contributed by atoms with Crippen molar-refractivity contribution in [3.8, 4) is 5.75 Å². The summed E-state index contributed by atoms with van der Waals surface area (Å²) >= 11 is 0. The van der Waals surface area contributed by atoms with Crippen molar-refractivity contribution in [1.82, 2.24) is 5.32 Å². The molecule has 0 fully saturated rings. The number of hydrogen-bond donors (Lipinski definition) is 2. The second-order valence-corrected chi connectivity index (χ2v) is 4.60. The molecule has 1 aliphatic carbocycles. The molecule has 0 aliphatic heterocycles. The standard InChI is InChI=1S/C14H18N2O3/c1-9(17)16-12-7-8-13(19-14(18)15-2)11-6-4-3-5-10(11)12/h7-8H,3-6H2,1-2H3,(H,15,18)(H,16,17). The van der Waals surface area contributed by atoms with Crippen LogP contribution in [0.4, 0.5) is 10.5 Å². The fourth-order valence-corrected chi connectivity index (χ4v) is 2.39. The average molecular weight is 262 g/mol. The molecular weight excluding hydrogens is 244 g/mol. The molecule has 19 heavy (non-hydrogen) atoms. The molecule has 2 rings (SSSR count). The van der Waals surface area contributed by atoms with Gasteiger partial charge in [0.05, 0.1) is 0 Å². The normalized spacial score (nSPS) is 13.4. The molecule has 0 atom stereocenters. The lowest BCUT2D eigenvalue weighted by atomic mass is 9.89. The van der Waals surface area contributed by atoms with Crippen LogP contribution in [-0.4, -0.2) is 19.0 Å². The number of carbonyl (C=O) groups is 2. The van der Waals surface area contributed by atoms with E-state index in [0.717, 1.165) is 42.5 Å². The van der Waals surface area contributed by atoms with E-state index in [1.807, 2.05) is 0 Å². The highest BCUT2D eigenvalue weighted by atomic mass is 16.6. The van der Waals surface area contributed by atoms with E-state index >= 15 is 0 Å². The van der Waals surface area contributed by atoms with Gasteiger partial charge in [0.1, 0.15) is 5.75 Å². The van der Waals surface area contributed by atoms with Crippen LogP contribution in [0.5, 0.6) is 5.75 Å². The largest absolute Gasteiger partial charge is 0.412 e. The van der Waals surface area contributed by atoms with Gasteiger partial charge >= 0.3 is 6.09 Å². The Hall–Kier alpha value is -2.04. The van der Waals surface area contributed by atoms with E-state index in [4.69, 9.17) is 4.74 Å². The molecule has 0 saturated heterocycles. The summed E-state index contributed by atoms with van der Waals surface area (Å²) in [6.45, 7) is 1.49. The van der Waals surface area contributed by atoms with Gasteiger partial charge in [-0.05, 0) is 43.4 Å². The number of amides is 2. The monoisotopic (exact) mass is 262 g/mol. The predicted molar refractivity (Wildman–Crippen MR) is 72.5 cm³/mol. The third-order valence-corrected chi connectivity index (χ3v) is 3.21. The summed E-state index contributed by atoms with van der Waals surface area (Å²) in [5.74, 6) is 0.496. The van der Waals surface area contributed by atoms with Gasteiger partial charge in [-0.25, -0.2) is 4.79 Å². The Kier molecular flexibility index (Phi) is 4.04. The number of hydrogen-bond acceptors (Lipinski definition) is 3. The maximum absolute atomic E-state index is 11.3. The number of rotatable bonds is 2. The van der Waals surface area contributed by atoms with E-state index in [1.165, 1.54) is 14.0 Å². The maximum atomic E-state index is 11.3. The van der Waals surface area contributed by atoms with E-state index in [2.05, 4.69) is 10.6 Å². The van der Waals surface area contributed by atoms with E-state index < -0.39 is 6.09 Å². The summed E-state index contributed by atoms with van der Waals surface area (Å²) in [6, 6.07) is 3.54. The zero-order chi connectivity index (χ0) is 13.8. The number of ether oxygens (including phenoxy) is 1. The highest BCUT2D eigenvalue weighted by Crippen LogP contribution is 2.35. The smallest absolute Gasteiger partial charge is 0.410 e. The Balaban J connectivity index is 2.36. The number of fused-ring (bicyclic) bond motifs is 1. The van der Waals surface area contributed by atoms with Gasteiger partial charge in [0.15, 0.2) is 0 Å². The van der Waals surface area contributed by atoms with Crippen molar-refractivity contribution < 1.29 is 14.3 Å². The molecule has 0 aromatic heterocycles. The predicted octanol–water partition coefficient (Wildman–Crippen LogP) is 2.24. The van der Waals surface area contributed by atoms with Crippen LogP contribution >= 0.6 is 0 Å². The molecule has 0 saturated carbocycles. The Morgan fingerprint density at radius 1 is 1.16 bits per heavy atom. The number of nitrogens with one attached hydrogen (secondary N) is 2. The van der Waals surface area contributed by atoms with E-state index in [1.54, 1.807) is 12.1 Å². The summed E-state index contributed by atoms with van der Waals surface area (Å²) in [4.78, 5) is 22.5. The first-order chi connectivity index (χ1) is 9.11. The first kappa shape index (κ1) is 13.4. The van der Waals surface area contributed by atoms with E-state index in [0.29, 0.717) is 5.75 Å². The van der Waals surface area contributed by atoms with Crippen LogP contribution in [0.15, 0.2) is 12.1 Å². The number of anilines is 1. The van der Waals surface area contributed by atoms with Crippen molar-refractivity contribution in [1.29, 1.82) is 0 Å². The molecular formula is C14H18N2O3. The maximum Gasteiger partial charge on any atom is 0.412 e. The van der Waals surface area contributed by atoms with Crippen LogP contribution in [-0.2, 0) is 17.6 Å². The minimum atomic E-state index is -0.472. The topological polar surface area (TPSA) is 67.4 Å². The molecule has 1 aliphatic rings. The number of carbonyl (C=O) groups excluding carboxylic acids is 2. The summed E-state index contributed by atoms with van der Waals surface area (Å²) in [6.07, 6.45) is 3.45. The molecule has 2 N–H and O–H groups in total. The molecule has 1 aromatic rings. The van der Waals surface area contributed by atoms with Gasteiger partial charge in [0.25, 0.3) is 0 Å². The minimum Gasteiger partial charge on any atom is -0.410 e. The van der Waals surface area contributed by atoms with Crippen molar-refractivity contribution >= 4 is 17.7 Å². The molecule has 0 unspecified atom stereocenters. The molecule has 5 heteroatoms. The molecule has 0 spiro atoms. The molecule has 0 radical (unpaired) electrons. The van der Waals surface area contributed by atoms with Crippen LogP contribution < -0.4 is 15.4 Å². The van der Waals surface area contributed by atoms with Gasteiger partial charge in [-0.3, -0.25) is 4.79 Å². The molecule has 0 heterocycles. The molecule has 1 aromatic carbocycles. The Morgan fingerprint density at radius 3 is 2.47 bits per heavy atom. The summed E-state index contributed by atoms with van der Waals surface area (Å²) in [5.41, 5.74) is 2.94. The van der Waals surface area contributed by atoms with E-state index in [-0.39, 0.29) is 5.91 Å². The lowest BCUT2D eigenvalue weighted by Gasteiger charge is -2.22.